The lowest BCUT2D eigenvalue weighted by molar-refractivity contribution is -0.140. The standard InChI is InChI=1S/C16H22N6O2/c1-12-8-19-22(9-12)11-14(23)21-6-7-24-13(10-21)15-16(20(2)3)18-5-4-17-15/h4-5,8-9,13H,6-7,10-11H2,1-3H3/t13-/m1/s1. The van der Waals surface area contributed by atoms with Crippen molar-refractivity contribution in [2.45, 2.75) is 19.6 Å². The molecule has 1 aliphatic heterocycles. The van der Waals surface area contributed by atoms with Gasteiger partial charge in [-0.2, -0.15) is 5.10 Å². The van der Waals surface area contributed by atoms with Crippen molar-refractivity contribution in [3.8, 4) is 0 Å². The Morgan fingerprint density at radius 1 is 1.38 bits per heavy atom. The molecule has 0 spiro atoms. The van der Waals surface area contributed by atoms with Crippen LogP contribution in [0.3, 0.4) is 0 Å². The number of nitrogens with zero attached hydrogens (tertiary/aromatic N) is 6. The lowest BCUT2D eigenvalue weighted by Crippen LogP contribution is -2.44. The zero-order valence-electron chi connectivity index (χ0n) is 14.2. The van der Waals surface area contributed by atoms with Crippen molar-refractivity contribution in [1.29, 1.82) is 0 Å². The van der Waals surface area contributed by atoms with Crippen LogP contribution in [0.25, 0.3) is 0 Å². The largest absolute Gasteiger partial charge is 0.368 e. The van der Waals surface area contributed by atoms with Gasteiger partial charge in [0.05, 0.1) is 19.3 Å². The smallest absolute Gasteiger partial charge is 0.244 e. The Morgan fingerprint density at radius 3 is 2.88 bits per heavy atom. The number of rotatable bonds is 4. The van der Waals surface area contributed by atoms with Crippen molar-refractivity contribution in [3.63, 3.8) is 0 Å². The van der Waals surface area contributed by atoms with Gasteiger partial charge in [0.1, 0.15) is 18.3 Å². The van der Waals surface area contributed by atoms with Crippen molar-refractivity contribution in [2.24, 2.45) is 0 Å². The van der Waals surface area contributed by atoms with Crippen LogP contribution in [-0.2, 0) is 16.1 Å². The van der Waals surface area contributed by atoms with Crippen LogP contribution < -0.4 is 4.90 Å². The van der Waals surface area contributed by atoms with Gasteiger partial charge in [-0.15, -0.1) is 0 Å². The summed E-state index contributed by atoms with van der Waals surface area (Å²) in [6.07, 6.45) is 6.65. The van der Waals surface area contributed by atoms with Crippen LogP contribution in [-0.4, -0.2) is 64.3 Å². The van der Waals surface area contributed by atoms with Gasteiger partial charge in [-0.3, -0.25) is 14.5 Å². The molecule has 1 aliphatic rings. The van der Waals surface area contributed by atoms with E-state index in [2.05, 4.69) is 15.1 Å². The van der Waals surface area contributed by atoms with Gasteiger partial charge in [-0.25, -0.2) is 4.98 Å². The number of ether oxygens (including phenoxy) is 1. The minimum Gasteiger partial charge on any atom is -0.368 e. The molecular weight excluding hydrogens is 308 g/mol. The summed E-state index contributed by atoms with van der Waals surface area (Å²) in [6.45, 7) is 3.72. The van der Waals surface area contributed by atoms with Gasteiger partial charge in [0, 0.05) is 39.2 Å². The molecule has 0 radical (unpaired) electrons. The zero-order valence-corrected chi connectivity index (χ0v) is 14.2. The van der Waals surface area contributed by atoms with Crippen LogP contribution in [0.2, 0.25) is 0 Å². The van der Waals surface area contributed by atoms with E-state index in [9.17, 15) is 4.79 Å². The quantitative estimate of drug-likeness (QED) is 0.819. The topological polar surface area (TPSA) is 76.4 Å². The second kappa shape index (κ2) is 6.96. The molecule has 8 nitrogen and oxygen atoms in total. The third-order valence-corrected chi connectivity index (χ3v) is 3.91. The minimum atomic E-state index is -0.270. The van der Waals surface area contributed by atoms with E-state index in [4.69, 9.17) is 4.74 Å². The van der Waals surface area contributed by atoms with Crippen molar-refractivity contribution in [2.75, 3.05) is 38.7 Å². The van der Waals surface area contributed by atoms with E-state index < -0.39 is 0 Å². The van der Waals surface area contributed by atoms with Gasteiger partial charge >= 0.3 is 0 Å². The highest BCUT2D eigenvalue weighted by molar-refractivity contribution is 5.76. The fraction of sp³-hybridized carbons (Fsp3) is 0.500. The molecule has 128 valence electrons. The second-order valence-electron chi connectivity index (χ2n) is 6.07. The van der Waals surface area contributed by atoms with E-state index in [0.29, 0.717) is 19.7 Å². The molecule has 0 aliphatic carbocycles. The molecule has 1 amide bonds. The molecule has 3 heterocycles. The number of carbonyl (C=O) groups is 1. The monoisotopic (exact) mass is 330 g/mol. The number of amides is 1. The van der Waals surface area contributed by atoms with E-state index in [0.717, 1.165) is 17.1 Å². The van der Waals surface area contributed by atoms with Crippen LogP contribution in [0.15, 0.2) is 24.8 Å². The Kier molecular flexibility index (Phi) is 4.75. The SMILES string of the molecule is Cc1cnn(CC(=O)N2CCO[C@@H](c3nccnc3N(C)C)C2)c1. The predicted octanol–water partition coefficient (Wildman–Crippen LogP) is 0.648. The average Bonchev–Trinajstić information content (AvgIpc) is 2.99. The van der Waals surface area contributed by atoms with Crippen LogP contribution >= 0.6 is 0 Å². The van der Waals surface area contributed by atoms with Crippen LogP contribution in [0.4, 0.5) is 5.82 Å². The molecule has 0 N–H and O–H groups in total. The summed E-state index contributed by atoms with van der Waals surface area (Å²) in [5.74, 6) is 0.793. The number of anilines is 1. The zero-order chi connectivity index (χ0) is 17.1. The third-order valence-electron chi connectivity index (χ3n) is 3.91. The predicted molar refractivity (Wildman–Crippen MR) is 88.6 cm³/mol. The highest BCUT2D eigenvalue weighted by Gasteiger charge is 2.29. The number of aromatic nitrogens is 4. The van der Waals surface area contributed by atoms with E-state index in [1.54, 1.807) is 28.2 Å². The number of hydrogen-bond acceptors (Lipinski definition) is 6. The summed E-state index contributed by atoms with van der Waals surface area (Å²) in [7, 11) is 3.83. The Morgan fingerprint density at radius 2 is 2.17 bits per heavy atom. The highest BCUT2D eigenvalue weighted by atomic mass is 16.5. The van der Waals surface area contributed by atoms with Gasteiger partial charge in [0.2, 0.25) is 5.91 Å². The first-order chi connectivity index (χ1) is 11.5. The molecular formula is C16H22N6O2. The molecule has 2 aromatic rings. The molecule has 2 aromatic heterocycles. The van der Waals surface area contributed by atoms with Gasteiger partial charge in [-0.05, 0) is 12.5 Å². The maximum atomic E-state index is 12.5. The first kappa shape index (κ1) is 16.4. The van der Waals surface area contributed by atoms with Crippen LogP contribution in [0.5, 0.6) is 0 Å². The summed E-state index contributed by atoms with van der Waals surface area (Å²) >= 11 is 0. The second-order valence-corrected chi connectivity index (χ2v) is 6.07. The average molecular weight is 330 g/mol. The first-order valence-corrected chi connectivity index (χ1v) is 7.91. The number of aryl methyl sites for hydroxylation is 1. The van der Waals surface area contributed by atoms with Crippen LogP contribution in [0, 0.1) is 6.92 Å². The minimum absolute atomic E-state index is 0.0293. The van der Waals surface area contributed by atoms with E-state index >= 15 is 0 Å². The van der Waals surface area contributed by atoms with Gasteiger partial charge < -0.3 is 14.5 Å². The Labute approximate surface area is 141 Å². The summed E-state index contributed by atoms with van der Waals surface area (Å²) in [5.41, 5.74) is 1.80. The fourth-order valence-electron chi connectivity index (χ4n) is 2.75. The Balaban J connectivity index is 1.71. The molecule has 0 unspecified atom stereocenters. The molecule has 0 aromatic carbocycles. The maximum absolute atomic E-state index is 12.5. The van der Waals surface area contributed by atoms with Crippen molar-refractivity contribution < 1.29 is 9.53 Å². The van der Waals surface area contributed by atoms with Crippen molar-refractivity contribution in [3.05, 3.63) is 36.0 Å². The fourth-order valence-corrected chi connectivity index (χ4v) is 2.75. The molecule has 8 heteroatoms. The normalized spacial score (nSPS) is 17.8. The van der Waals surface area contributed by atoms with E-state index in [1.807, 2.05) is 32.1 Å². The molecule has 24 heavy (non-hydrogen) atoms. The lowest BCUT2D eigenvalue weighted by Gasteiger charge is -2.33. The van der Waals surface area contributed by atoms with E-state index in [-0.39, 0.29) is 18.6 Å². The first-order valence-electron chi connectivity index (χ1n) is 7.91. The highest BCUT2D eigenvalue weighted by Crippen LogP contribution is 2.26. The summed E-state index contributed by atoms with van der Waals surface area (Å²) in [6, 6.07) is 0. The molecule has 1 atom stereocenters. The molecule has 0 bridgehead atoms. The molecule has 1 fully saturated rings. The number of carbonyl (C=O) groups excluding carboxylic acids is 1. The summed E-state index contributed by atoms with van der Waals surface area (Å²) in [4.78, 5) is 25.0. The lowest BCUT2D eigenvalue weighted by atomic mass is 10.2. The number of morpholine rings is 1. The molecule has 3 rings (SSSR count). The van der Waals surface area contributed by atoms with E-state index in [1.165, 1.54) is 0 Å². The van der Waals surface area contributed by atoms with Gasteiger partial charge in [0.15, 0.2) is 5.82 Å². The molecule has 1 saturated heterocycles. The van der Waals surface area contributed by atoms with Gasteiger partial charge in [-0.1, -0.05) is 0 Å². The van der Waals surface area contributed by atoms with Crippen molar-refractivity contribution in [1.82, 2.24) is 24.6 Å². The third kappa shape index (κ3) is 3.53. The van der Waals surface area contributed by atoms with Crippen molar-refractivity contribution >= 4 is 11.7 Å². The van der Waals surface area contributed by atoms with Gasteiger partial charge in [0.25, 0.3) is 0 Å². The Hall–Kier alpha value is -2.48. The maximum Gasteiger partial charge on any atom is 0.244 e. The molecule has 0 saturated carbocycles. The summed E-state index contributed by atoms with van der Waals surface area (Å²) < 4.78 is 7.51. The van der Waals surface area contributed by atoms with Crippen LogP contribution in [0.1, 0.15) is 17.4 Å². The Bertz CT molecular complexity index is 714. The summed E-state index contributed by atoms with van der Waals surface area (Å²) in [5, 5.41) is 4.17. The number of hydrogen-bond donors (Lipinski definition) is 0.